The summed E-state index contributed by atoms with van der Waals surface area (Å²) in [5.74, 6) is -0.152. The molecule has 0 spiro atoms. The van der Waals surface area contributed by atoms with Gasteiger partial charge in [0.15, 0.2) is 0 Å². The molecule has 1 nitrogen and oxygen atoms in total. The Morgan fingerprint density at radius 2 is 2.15 bits per heavy atom. The second kappa shape index (κ2) is 4.38. The van der Waals surface area contributed by atoms with Gasteiger partial charge in [0.25, 0.3) is 0 Å². The molecule has 1 unspecified atom stereocenters. The van der Waals surface area contributed by atoms with Gasteiger partial charge in [-0.1, -0.05) is 26.0 Å². The maximum atomic E-state index is 13.3. The Hall–Kier alpha value is -0.890. The van der Waals surface area contributed by atoms with Crippen molar-refractivity contribution in [3.63, 3.8) is 0 Å². The van der Waals surface area contributed by atoms with Crippen LogP contribution in [0.25, 0.3) is 0 Å². The highest BCUT2D eigenvalue weighted by molar-refractivity contribution is 5.26. The molecule has 0 aliphatic rings. The van der Waals surface area contributed by atoms with Crippen LogP contribution in [-0.4, -0.2) is 11.7 Å². The Morgan fingerprint density at radius 3 is 2.62 bits per heavy atom. The zero-order valence-electron chi connectivity index (χ0n) is 8.05. The van der Waals surface area contributed by atoms with Crippen LogP contribution in [0.15, 0.2) is 18.2 Å². The molecule has 0 bridgehead atoms. The maximum Gasteiger partial charge on any atom is 0.126 e. The molecule has 1 aromatic carbocycles. The van der Waals surface area contributed by atoms with Crippen molar-refractivity contribution in [2.24, 2.45) is 0 Å². The van der Waals surface area contributed by atoms with Crippen LogP contribution >= 0.6 is 0 Å². The van der Waals surface area contributed by atoms with Gasteiger partial charge in [0.05, 0.1) is 0 Å². The van der Waals surface area contributed by atoms with Crippen molar-refractivity contribution in [1.82, 2.24) is 0 Å². The van der Waals surface area contributed by atoms with Crippen LogP contribution in [0.3, 0.4) is 0 Å². The number of aryl methyl sites for hydroxylation is 1. The van der Waals surface area contributed by atoms with E-state index in [2.05, 4.69) is 0 Å². The second-order valence-corrected chi connectivity index (χ2v) is 3.29. The average molecular weight is 182 g/mol. The highest BCUT2D eigenvalue weighted by Gasteiger charge is 2.06. The van der Waals surface area contributed by atoms with Gasteiger partial charge in [-0.15, -0.1) is 0 Å². The highest BCUT2D eigenvalue weighted by atomic mass is 19.1. The van der Waals surface area contributed by atoms with E-state index in [4.69, 9.17) is 5.11 Å². The van der Waals surface area contributed by atoms with Crippen LogP contribution in [0.2, 0.25) is 0 Å². The van der Waals surface area contributed by atoms with Crippen LogP contribution < -0.4 is 0 Å². The fourth-order valence-corrected chi connectivity index (χ4v) is 1.26. The molecule has 1 rings (SSSR count). The van der Waals surface area contributed by atoms with E-state index in [0.29, 0.717) is 6.42 Å². The molecule has 0 saturated heterocycles. The smallest absolute Gasteiger partial charge is 0.126 e. The van der Waals surface area contributed by atoms with E-state index >= 15 is 0 Å². The molecule has 0 radical (unpaired) electrons. The third kappa shape index (κ3) is 2.28. The van der Waals surface area contributed by atoms with E-state index < -0.39 is 0 Å². The molecule has 1 aromatic rings. The highest BCUT2D eigenvalue weighted by Crippen LogP contribution is 2.18. The van der Waals surface area contributed by atoms with Crippen molar-refractivity contribution in [3.05, 3.63) is 35.1 Å². The van der Waals surface area contributed by atoms with Crippen LogP contribution in [-0.2, 0) is 6.42 Å². The lowest BCUT2D eigenvalue weighted by atomic mass is 10.00. The number of benzene rings is 1. The number of rotatable bonds is 3. The minimum Gasteiger partial charge on any atom is -0.396 e. The Balaban J connectivity index is 2.95. The summed E-state index contributed by atoms with van der Waals surface area (Å²) in [6.07, 6.45) is 0.708. The Labute approximate surface area is 78.2 Å². The van der Waals surface area contributed by atoms with Crippen LogP contribution in [0.5, 0.6) is 0 Å². The summed E-state index contributed by atoms with van der Waals surface area (Å²) in [5, 5.41) is 8.88. The molecule has 1 N–H and O–H groups in total. The summed E-state index contributed by atoms with van der Waals surface area (Å²) >= 11 is 0. The standard InChI is InChI=1S/C11H15FO/c1-3-9-4-5-10(6-11(9)12)8(2)7-13/h4-6,8,13H,3,7H2,1-2H3. The summed E-state index contributed by atoms with van der Waals surface area (Å²) in [7, 11) is 0. The van der Waals surface area contributed by atoms with Gasteiger partial charge < -0.3 is 5.11 Å². The summed E-state index contributed by atoms with van der Waals surface area (Å²) in [6, 6.07) is 5.18. The molecule has 0 fully saturated rings. The Kier molecular flexibility index (Phi) is 3.43. The molecule has 0 aliphatic carbocycles. The van der Waals surface area contributed by atoms with Gasteiger partial charge >= 0.3 is 0 Å². The molecule has 72 valence electrons. The van der Waals surface area contributed by atoms with Crippen molar-refractivity contribution >= 4 is 0 Å². The normalized spacial score (nSPS) is 12.9. The van der Waals surface area contributed by atoms with E-state index in [1.165, 1.54) is 6.07 Å². The van der Waals surface area contributed by atoms with Gasteiger partial charge in [0.2, 0.25) is 0 Å². The van der Waals surface area contributed by atoms with Gasteiger partial charge in [-0.25, -0.2) is 4.39 Å². The van der Waals surface area contributed by atoms with Gasteiger partial charge in [-0.3, -0.25) is 0 Å². The first-order chi connectivity index (χ1) is 6.19. The van der Waals surface area contributed by atoms with Crippen molar-refractivity contribution < 1.29 is 9.50 Å². The maximum absolute atomic E-state index is 13.3. The van der Waals surface area contributed by atoms with E-state index in [1.54, 1.807) is 6.07 Å². The summed E-state index contributed by atoms with van der Waals surface area (Å²) < 4.78 is 13.3. The van der Waals surface area contributed by atoms with Crippen LogP contribution in [0.4, 0.5) is 4.39 Å². The lowest BCUT2D eigenvalue weighted by Crippen LogP contribution is -2.00. The van der Waals surface area contributed by atoms with E-state index in [9.17, 15) is 4.39 Å². The van der Waals surface area contributed by atoms with Crippen molar-refractivity contribution in [1.29, 1.82) is 0 Å². The predicted molar refractivity (Wildman–Crippen MR) is 51.3 cm³/mol. The first-order valence-electron chi connectivity index (χ1n) is 4.58. The molecule has 0 aromatic heterocycles. The first kappa shape index (κ1) is 10.2. The number of aliphatic hydroxyl groups excluding tert-OH is 1. The predicted octanol–water partition coefficient (Wildman–Crippen LogP) is 2.48. The number of halogens is 1. The van der Waals surface area contributed by atoms with E-state index in [-0.39, 0.29) is 18.3 Å². The summed E-state index contributed by atoms with van der Waals surface area (Å²) in [4.78, 5) is 0. The molecule has 0 amide bonds. The molecule has 13 heavy (non-hydrogen) atoms. The second-order valence-electron chi connectivity index (χ2n) is 3.29. The van der Waals surface area contributed by atoms with E-state index in [0.717, 1.165) is 11.1 Å². The van der Waals surface area contributed by atoms with E-state index in [1.807, 2.05) is 19.9 Å². The molecule has 0 saturated carbocycles. The average Bonchev–Trinajstić information content (AvgIpc) is 2.16. The number of hydrogen-bond donors (Lipinski definition) is 1. The number of hydrogen-bond acceptors (Lipinski definition) is 1. The summed E-state index contributed by atoms with van der Waals surface area (Å²) in [5.41, 5.74) is 1.59. The largest absolute Gasteiger partial charge is 0.396 e. The van der Waals surface area contributed by atoms with Crippen LogP contribution in [0, 0.1) is 5.82 Å². The zero-order chi connectivity index (χ0) is 9.84. The molecular formula is C11H15FO. The third-order valence-corrected chi connectivity index (χ3v) is 2.30. The number of aliphatic hydroxyl groups is 1. The summed E-state index contributed by atoms with van der Waals surface area (Å²) in [6.45, 7) is 3.86. The van der Waals surface area contributed by atoms with Gasteiger partial charge in [-0.05, 0) is 23.6 Å². The fraction of sp³-hybridized carbons (Fsp3) is 0.455. The minimum absolute atomic E-state index is 0.0143. The minimum atomic E-state index is -0.166. The quantitative estimate of drug-likeness (QED) is 0.761. The lowest BCUT2D eigenvalue weighted by molar-refractivity contribution is 0.273. The third-order valence-electron chi connectivity index (χ3n) is 2.30. The first-order valence-corrected chi connectivity index (χ1v) is 4.58. The Morgan fingerprint density at radius 1 is 1.46 bits per heavy atom. The molecule has 0 heterocycles. The van der Waals surface area contributed by atoms with Crippen molar-refractivity contribution in [3.8, 4) is 0 Å². The molecule has 2 heteroatoms. The lowest BCUT2D eigenvalue weighted by Gasteiger charge is -2.09. The van der Waals surface area contributed by atoms with Crippen LogP contribution in [0.1, 0.15) is 30.9 Å². The van der Waals surface area contributed by atoms with Crippen molar-refractivity contribution in [2.75, 3.05) is 6.61 Å². The van der Waals surface area contributed by atoms with Crippen molar-refractivity contribution in [2.45, 2.75) is 26.2 Å². The monoisotopic (exact) mass is 182 g/mol. The molecular weight excluding hydrogens is 167 g/mol. The van der Waals surface area contributed by atoms with Gasteiger partial charge in [0.1, 0.15) is 5.82 Å². The van der Waals surface area contributed by atoms with Gasteiger partial charge in [0, 0.05) is 12.5 Å². The molecule has 1 atom stereocenters. The topological polar surface area (TPSA) is 20.2 Å². The fourth-order valence-electron chi connectivity index (χ4n) is 1.26. The Bertz CT molecular complexity index is 283. The SMILES string of the molecule is CCc1ccc(C(C)CO)cc1F. The molecule has 0 aliphatic heterocycles. The van der Waals surface area contributed by atoms with Gasteiger partial charge in [-0.2, -0.15) is 0 Å². The zero-order valence-corrected chi connectivity index (χ0v) is 8.05.